The van der Waals surface area contributed by atoms with Crippen molar-refractivity contribution < 1.29 is 13.2 Å². The summed E-state index contributed by atoms with van der Waals surface area (Å²) in [6, 6.07) is 5.66. The van der Waals surface area contributed by atoms with E-state index in [0.717, 1.165) is 25.3 Å². The molecular formula is C13H19F3N2. The quantitative estimate of drug-likeness (QED) is 0.795. The number of halogens is 3. The Morgan fingerprint density at radius 1 is 1.11 bits per heavy atom. The summed E-state index contributed by atoms with van der Waals surface area (Å²) in [6.07, 6.45) is -1.61. The zero-order valence-electron chi connectivity index (χ0n) is 10.5. The van der Waals surface area contributed by atoms with Gasteiger partial charge in [0.25, 0.3) is 0 Å². The molecular weight excluding hydrogens is 241 g/mol. The lowest BCUT2D eigenvalue weighted by Gasteiger charge is -2.23. The highest BCUT2D eigenvalue weighted by atomic mass is 19.4. The lowest BCUT2D eigenvalue weighted by atomic mass is 10.1. The molecule has 0 spiro atoms. The molecule has 0 heterocycles. The van der Waals surface area contributed by atoms with Gasteiger partial charge in [0.15, 0.2) is 0 Å². The van der Waals surface area contributed by atoms with Crippen LogP contribution in [0.4, 0.5) is 18.9 Å². The molecule has 18 heavy (non-hydrogen) atoms. The molecule has 0 aromatic heterocycles. The van der Waals surface area contributed by atoms with Gasteiger partial charge in [-0.2, -0.15) is 13.2 Å². The Morgan fingerprint density at radius 3 is 2.39 bits per heavy atom. The number of unbranched alkanes of at least 4 members (excludes halogenated alkanes) is 2. The van der Waals surface area contributed by atoms with Gasteiger partial charge in [-0.25, -0.2) is 0 Å². The molecule has 5 heteroatoms. The average Bonchev–Trinajstić information content (AvgIpc) is 2.33. The van der Waals surface area contributed by atoms with Crippen LogP contribution in [0.3, 0.4) is 0 Å². The van der Waals surface area contributed by atoms with Crippen LogP contribution in [-0.2, 0) is 6.18 Å². The third-order valence-corrected chi connectivity index (χ3v) is 2.82. The number of alkyl halides is 3. The fourth-order valence-corrected chi connectivity index (χ4v) is 1.84. The van der Waals surface area contributed by atoms with Crippen LogP contribution in [0.5, 0.6) is 0 Å². The summed E-state index contributed by atoms with van der Waals surface area (Å²) >= 11 is 0. The first-order chi connectivity index (χ1) is 8.46. The number of hydrogen-bond acceptors (Lipinski definition) is 2. The van der Waals surface area contributed by atoms with Crippen LogP contribution in [0, 0.1) is 0 Å². The Morgan fingerprint density at radius 2 is 1.78 bits per heavy atom. The molecule has 0 aliphatic rings. The number of hydrogen-bond donors (Lipinski definition) is 1. The fraction of sp³-hybridized carbons (Fsp3) is 0.538. The van der Waals surface area contributed by atoms with E-state index < -0.39 is 11.7 Å². The summed E-state index contributed by atoms with van der Waals surface area (Å²) in [5.74, 6) is 0. The standard InChI is InChI=1S/C13H19F3N2/c1-18(10-6-2-5-9-17)12-8-4-3-7-11(12)13(14,15)16/h3-4,7-8H,2,5-6,9-10,17H2,1H3. The third kappa shape index (κ3) is 4.22. The van der Waals surface area contributed by atoms with Crippen LogP contribution in [0.2, 0.25) is 0 Å². The second kappa shape index (κ2) is 6.64. The molecule has 0 fully saturated rings. The van der Waals surface area contributed by atoms with Crippen molar-refractivity contribution in [2.75, 3.05) is 25.0 Å². The van der Waals surface area contributed by atoms with Gasteiger partial charge in [-0.05, 0) is 31.5 Å². The van der Waals surface area contributed by atoms with E-state index in [9.17, 15) is 13.2 Å². The first-order valence-corrected chi connectivity index (χ1v) is 6.04. The molecule has 102 valence electrons. The zero-order valence-corrected chi connectivity index (χ0v) is 10.5. The van der Waals surface area contributed by atoms with Crippen molar-refractivity contribution in [2.45, 2.75) is 25.4 Å². The maximum atomic E-state index is 12.8. The number of anilines is 1. The van der Waals surface area contributed by atoms with E-state index in [1.807, 2.05) is 0 Å². The van der Waals surface area contributed by atoms with Crippen molar-refractivity contribution in [3.8, 4) is 0 Å². The van der Waals surface area contributed by atoms with Crippen molar-refractivity contribution >= 4 is 5.69 Å². The molecule has 0 aliphatic carbocycles. The summed E-state index contributed by atoms with van der Waals surface area (Å²) in [4.78, 5) is 1.65. The van der Waals surface area contributed by atoms with Gasteiger partial charge in [-0.1, -0.05) is 18.6 Å². The molecule has 2 nitrogen and oxygen atoms in total. The first-order valence-electron chi connectivity index (χ1n) is 6.04. The Balaban J connectivity index is 2.70. The van der Waals surface area contributed by atoms with E-state index in [2.05, 4.69) is 0 Å². The Labute approximate surface area is 106 Å². The number of rotatable bonds is 6. The minimum atomic E-state index is -4.30. The molecule has 1 aromatic carbocycles. The van der Waals surface area contributed by atoms with E-state index in [0.29, 0.717) is 13.1 Å². The highest BCUT2D eigenvalue weighted by Gasteiger charge is 2.33. The van der Waals surface area contributed by atoms with Crippen molar-refractivity contribution in [3.63, 3.8) is 0 Å². The van der Waals surface area contributed by atoms with Gasteiger partial charge in [0.05, 0.1) is 5.56 Å². The normalized spacial score (nSPS) is 11.6. The number of para-hydroxylation sites is 1. The van der Waals surface area contributed by atoms with E-state index in [1.165, 1.54) is 12.1 Å². The second-order valence-electron chi connectivity index (χ2n) is 4.29. The Bertz CT molecular complexity index is 363. The number of nitrogens with two attached hydrogens (primary N) is 1. The molecule has 0 amide bonds. The fourth-order valence-electron chi connectivity index (χ4n) is 1.84. The Hall–Kier alpha value is -1.23. The zero-order chi connectivity index (χ0) is 13.6. The first kappa shape index (κ1) is 14.8. The van der Waals surface area contributed by atoms with Gasteiger partial charge in [0.1, 0.15) is 0 Å². The summed E-state index contributed by atoms with van der Waals surface area (Å²) in [7, 11) is 1.69. The number of nitrogens with zero attached hydrogens (tertiary/aromatic N) is 1. The predicted molar refractivity (Wildman–Crippen MR) is 67.6 cm³/mol. The third-order valence-electron chi connectivity index (χ3n) is 2.82. The van der Waals surface area contributed by atoms with Crippen LogP contribution in [0.15, 0.2) is 24.3 Å². The predicted octanol–water partition coefficient (Wildman–Crippen LogP) is 3.27. The number of benzene rings is 1. The van der Waals surface area contributed by atoms with Crippen molar-refractivity contribution in [3.05, 3.63) is 29.8 Å². The molecule has 0 aliphatic heterocycles. The van der Waals surface area contributed by atoms with Crippen molar-refractivity contribution in [1.29, 1.82) is 0 Å². The highest BCUT2D eigenvalue weighted by molar-refractivity contribution is 5.54. The topological polar surface area (TPSA) is 29.3 Å². The monoisotopic (exact) mass is 260 g/mol. The highest BCUT2D eigenvalue weighted by Crippen LogP contribution is 2.35. The van der Waals surface area contributed by atoms with Gasteiger partial charge in [0.2, 0.25) is 0 Å². The van der Waals surface area contributed by atoms with Crippen LogP contribution >= 0.6 is 0 Å². The molecule has 1 rings (SSSR count). The molecule has 0 atom stereocenters. The van der Waals surface area contributed by atoms with Gasteiger partial charge in [-0.15, -0.1) is 0 Å². The summed E-state index contributed by atoms with van der Waals surface area (Å²) < 4.78 is 38.4. The second-order valence-corrected chi connectivity index (χ2v) is 4.29. The minimum absolute atomic E-state index is 0.234. The molecule has 0 saturated carbocycles. The van der Waals surface area contributed by atoms with Crippen LogP contribution < -0.4 is 10.6 Å². The van der Waals surface area contributed by atoms with Crippen molar-refractivity contribution in [2.24, 2.45) is 5.73 Å². The largest absolute Gasteiger partial charge is 0.418 e. The van der Waals surface area contributed by atoms with Crippen LogP contribution in [0.1, 0.15) is 24.8 Å². The SMILES string of the molecule is CN(CCCCCN)c1ccccc1C(F)(F)F. The summed E-state index contributed by atoms with van der Waals surface area (Å²) in [6.45, 7) is 1.23. The van der Waals surface area contributed by atoms with Crippen LogP contribution in [0.25, 0.3) is 0 Å². The molecule has 1 aromatic rings. The van der Waals surface area contributed by atoms with Gasteiger partial charge in [-0.3, -0.25) is 0 Å². The van der Waals surface area contributed by atoms with E-state index in [1.54, 1.807) is 18.0 Å². The van der Waals surface area contributed by atoms with Gasteiger partial charge >= 0.3 is 6.18 Å². The molecule has 0 radical (unpaired) electrons. The smallest absolute Gasteiger partial charge is 0.374 e. The molecule has 2 N–H and O–H groups in total. The molecule has 0 saturated heterocycles. The van der Waals surface area contributed by atoms with Gasteiger partial charge < -0.3 is 10.6 Å². The van der Waals surface area contributed by atoms with Gasteiger partial charge in [0, 0.05) is 19.3 Å². The average molecular weight is 260 g/mol. The molecule has 0 bridgehead atoms. The maximum Gasteiger partial charge on any atom is 0.418 e. The lowest BCUT2D eigenvalue weighted by Crippen LogP contribution is -2.22. The van der Waals surface area contributed by atoms with E-state index in [-0.39, 0.29) is 5.69 Å². The van der Waals surface area contributed by atoms with Crippen molar-refractivity contribution in [1.82, 2.24) is 0 Å². The minimum Gasteiger partial charge on any atom is -0.374 e. The van der Waals surface area contributed by atoms with Crippen LogP contribution in [-0.4, -0.2) is 20.1 Å². The lowest BCUT2D eigenvalue weighted by molar-refractivity contribution is -0.137. The van der Waals surface area contributed by atoms with E-state index >= 15 is 0 Å². The maximum absolute atomic E-state index is 12.8. The summed E-state index contributed by atoms with van der Waals surface area (Å²) in [5.41, 5.74) is 5.03. The Kier molecular flexibility index (Phi) is 5.47. The summed E-state index contributed by atoms with van der Waals surface area (Å²) in [5, 5.41) is 0. The molecule has 0 unspecified atom stereocenters. The van der Waals surface area contributed by atoms with E-state index in [4.69, 9.17) is 5.73 Å².